The van der Waals surface area contributed by atoms with Gasteiger partial charge in [0.1, 0.15) is 6.10 Å². The van der Waals surface area contributed by atoms with Gasteiger partial charge in [-0.15, -0.1) is 0 Å². The van der Waals surface area contributed by atoms with Crippen molar-refractivity contribution in [3.05, 3.63) is 12.2 Å². The van der Waals surface area contributed by atoms with E-state index in [2.05, 4.69) is 40.8 Å². The summed E-state index contributed by atoms with van der Waals surface area (Å²) in [6, 6.07) is 0. The summed E-state index contributed by atoms with van der Waals surface area (Å²) in [5, 5.41) is 0.231. The van der Waals surface area contributed by atoms with Gasteiger partial charge < -0.3 is 13.9 Å². The fourth-order valence-corrected chi connectivity index (χ4v) is 3.57. The molecular weight excluding hydrogens is 372 g/mol. The van der Waals surface area contributed by atoms with E-state index >= 15 is 0 Å². The van der Waals surface area contributed by atoms with E-state index in [-0.39, 0.29) is 17.0 Å². The van der Waals surface area contributed by atoms with Crippen molar-refractivity contribution in [1.29, 1.82) is 0 Å². The molecule has 0 radical (unpaired) electrons. The molecule has 5 nitrogen and oxygen atoms in total. The zero-order valence-corrected chi connectivity index (χ0v) is 20.3. The Balaban J connectivity index is 4.57. The first kappa shape index (κ1) is 26.9. The van der Waals surface area contributed by atoms with Gasteiger partial charge in [0.05, 0.1) is 0 Å². The SMILES string of the molecule is CCCC[C@H](OC(C)=O)[C@H](/C=C\CCCCO[Si](C)(C)C(C)(C)C)OC(C)=O. The summed E-state index contributed by atoms with van der Waals surface area (Å²) < 4.78 is 17.0. The third kappa shape index (κ3) is 11.6. The van der Waals surface area contributed by atoms with Gasteiger partial charge in [0.2, 0.25) is 0 Å². The summed E-state index contributed by atoms with van der Waals surface area (Å²) in [5.74, 6) is -0.722. The maximum atomic E-state index is 11.5. The van der Waals surface area contributed by atoms with E-state index in [1.165, 1.54) is 13.8 Å². The van der Waals surface area contributed by atoms with Crippen LogP contribution in [-0.4, -0.2) is 39.1 Å². The zero-order valence-electron chi connectivity index (χ0n) is 19.3. The van der Waals surface area contributed by atoms with Crippen LogP contribution in [0.25, 0.3) is 0 Å². The van der Waals surface area contributed by atoms with Gasteiger partial charge in [-0.1, -0.05) is 40.2 Å². The first-order chi connectivity index (χ1) is 12.9. The third-order valence-corrected chi connectivity index (χ3v) is 9.73. The lowest BCUT2D eigenvalue weighted by Gasteiger charge is -2.36. The minimum absolute atomic E-state index is 0.231. The molecule has 164 valence electrons. The van der Waals surface area contributed by atoms with Crippen LogP contribution in [0.15, 0.2) is 12.2 Å². The molecule has 0 aliphatic carbocycles. The maximum absolute atomic E-state index is 11.5. The second-order valence-electron chi connectivity index (χ2n) is 8.90. The lowest BCUT2D eigenvalue weighted by molar-refractivity contribution is -0.162. The molecule has 0 aliphatic rings. The van der Waals surface area contributed by atoms with Crippen molar-refractivity contribution in [3.8, 4) is 0 Å². The number of ether oxygens (including phenoxy) is 2. The summed E-state index contributed by atoms with van der Waals surface area (Å²) in [7, 11) is -1.68. The molecule has 0 saturated heterocycles. The summed E-state index contributed by atoms with van der Waals surface area (Å²) in [5.41, 5.74) is 0. The number of hydrogen-bond acceptors (Lipinski definition) is 5. The molecule has 0 heterocycles. The third-order valence-electron chi connectivity index (χ3n) is 5.19. The van der Waals surface area contributed by atoms with E-state index in [0.29, 0.717) is 6.42 Å². The molecule has 6 heteroatoms. The van der Waals surface area contributed by atoms with Crippen molar-refractivity contribution in [2.24, 2.45) is 0 Å². The molecule has 0 N–H and O–H groups in total. The lowest BCUT2D eigenvalue weighted by Crippen LogP contribution is -2.40. The van der Waals surface area contributed by atoms with E-state index < -0.39 is 20.5 Å². The Kier molecular flexibility index (Phi) is 12.6. The first-order valence-corrected chi connectivity index (χ1v) is 13.5. The molecule has 0 fully saturated rings. The number of allylic oxidation sites excluding steroid dienone is 1. The number of esters is 2. The highest BCUT2D eigenvalue weighted by Crippen LogP contribution is 2.36. The predicted octanol–water partition coefficient (Wildman–Crippen LogP) is 5.79. The Morgan fingerprint density at radius 3 is 2.11 bits per heavy atom. The average Bonchev–Trinajstić information content (AvgIpc) is 2.54. The highest BCUT2D eigenvalue weighted by molar-refractivity contribution is 6.74. The van der Waals surface area contributed by atoms with Gasteiger partial charge in [-0.3, -0.25) is 9.59 Å². The molecule has 2 atom stereocenters. The van der Waals surface area contributed by atoms with Crippen molar-refractivity contribution in [2.75, 3.05) is 6.61 Å². The van der Waals surface area contributed by atoms with Crippen molar-refractivity contribution >= 4 is 20.3 Å². The molecule has 0 unspecified atom stereocenters. The quantitative estimate of drug-likeness (QED) is 0.165. The normalized spacial score (nSPS) is 14.7. The molecule has 0 bridgehead atoms. The molecule has 0 amide bonds. The summed E-state index contributed by atoms with van der Waals surface area (Å²) in [6.07, 6.45) is 8.37. The summed E-state index contributed by atoms with van der Waals surface area (Å²) >= 11 is 0. The van der Waals surface area contributed by atoms with Gasteiger partial charge >= 0.3 is 11.9 Å². The molecule has 0 aromatic rings. The van der Waals surface area contributed by atoms with E-state index in [4.69, 9.17) is 13.9 Å². The largest absolute Gasteiger partial charge is 0.458 e. The Hall–Kier alpha value is -1.14. The number of unbranched alkanes of at least 4 members (excludes halogenated alkanes) is 3. The van der Waals surface area contributed by atoms with Crippen LogP contribution < -0.4 is 0 Å². The van der Waals surface area contributed by atoms with Crippen LogP contribution in [0.1, 0.15) is 80.1 Å². The molecule has 0 aromatic carbocycles. The number of carbonyl (C=O) groups excluding carboxylic acids is 2. The molecule has 0 aromatic heterocycles. The zero-order chi connectivity index (χ0) is 21.8. The minimum Gasteiger partial charge on any atom is -0.458 e. The van der Waals surface area contributed by atoms with Crippen molar-refractivity contribution in [2.45, 2.75) is 110 Å². The predicted molar refractivity (Wildman–Crippen MR) is 117 cm³/mol. The van der Waals surface area contributed by atoms with E-state index in [1.807, 2.05) is 12.2 Å². The molecule has 0 saturated carbocycles. The van der Waals surface area contributed by atoms with Crippen LogP contribution in [0.3, 0.4) is 0 Å². The Bertz CT molecular complexity index is 494. The Labute approximate surface area is 173 Å². The molecule has 0 aliphatic heterocycles. The van der Waals surface area contributed by atoms with Crippen LogP contribution in [0.5, 0.6) is 0 Å². The fourth-order valence-electron chi connectivity index (χ4n) is 2.48. The maximum Gasteiger partial charge on any atom is 0.303 e. The number of rotatable bonds is 13. The van der Waals surface area contributed by atoms with Crippen LogP contribution in [0.4, 0.5) is 0 Å². The monoisotopic (exact) mass is 414 g/mol. The van der Waals surface area contributed by atoms with Gasteiger partial charge in [0, 0.05) is 20.5 Å². The van der Waals surface area contributed by atoms with Gasteiger partial charge in [-0.2, -0.15) is 0 Å². The lowest BCUT2D eigenvalue weighted by atomic mass is 10.1. The average molecular weight is 415 g/mol. The Morgan fingerprint density at radius 1 is 1.00 bits per heavy atom. The van der Waals surface area contributed by atoms with Gasteiger partial charge in [0.15, 0.2) is 14.4 Å². The van der Waals surface area contributed by atoms with Crippen LogP contribution in [0.2, 0.25) is 18.1 Å². The fraction of sp³-hybridized carbons (Fsp3) is 0.818. The summed E-state index contributed by atoms with van der Waals surface area (Å²) in [6.45, 7) is 16.9. The van der Waals surface area contributed by atoms with E-state index in [1.54, 1.807) is 0 Å². The van der Waals surface area contributed by atoms with E-state index in [9.17, 15) is 9.59 Å². The van der Waals surface area contributed by atoms with Crippen molar-refractivity contribution in [1.82, 2.24) is 0 Å². The van der Waals surface area contributed by atoms with Crippen LogP contribution in [-0.2, 0) is 23.5 Å². The van der Waals surface area contributed by atoms with Gasteiger partial charge in [-0.05, 0) is 56.3 Å². The van der Waals surface area contributed by atoms with Gasteiger partial charge in [-0.25, -0.2) is 0 Å². The van der Waals surface area contributed by atoms with Crippen LogP contribution in [0, 0.1) is 0 Å². The summed E-state index contributed by atoms with van der Waals surface area (Å²) in [4.78, 5) is 22.9. The molecule has 0 spiro atoms. The highest BCUT2D eigenvalue weighted by atomic mass is 28.4. The molecular formula is C22H42O5Si. The second-order valence-corrected chi connectivity index (χ2v) is 13.7. The molecule has 28 heavy (non-hydrogen) atoms. The molecule has 0 rings (SSSR count). The van der Waals surface area contributed by atoms with E-state index in [0.717, 1.165) is 38.7 Å². The van der Waals surface area contributed by atoms with Crippen molar-refractivity contribution in [3.63, 3.8) is 0 Å². The topological polar surface area (TPSA) is 61.8 Å². The van der Waals surface area contributed by atoms with Gasteiger partial charge in [0.25, 0.3) is 0 Å². The second kappa shape index (κ2) is 13.1. The van der Waals surface area contributed by atoms with Crippen LogP contribution >= 0.6 is 0 Å². The Morgan fingerprint density at radius 2 is 1.61 bits per heavy atom. The number of hydrogen-bond donors (Lipinski definition) is 0. The number of carbonyl (C=O) groups is 2. The minimum atomic E-state index is -1.68. The highest BCUT2D eigenvalue weighted by Gasteiger charge is 2.36. The smallest absolute Gasteiger partial charge is 0.303 e. The standard InChI is InChI=1S/C22H42O5Si/c1-9-10-15-20(26-18(2)23)21(27-19(3)24)16-13-11-12-14-17-25-28(7,8)22(4,5)6/h13,16,20-21H,9-12,14-15,17H2,1-8H3/b16-13-/t20-,21-/m0/s1. The van der Waals surface area contributed by atoms with Crippen molar-refractivity contribution < 1.29 is 23.5 Å². The first-order valence-electron chi connectivity index (χ1n) is 10.6.